The van der Waals surface area contributed by atoms with E-state index in [0.29, 0.717) is 0 Å². The van der Waals surface area contributed by atoms with Crippen molar-refractivity contribution in [3.8, 4) is 0 Å². The molecule has 4 atom stereocenters. The highest BCUT2D eigenvalue weighted by molar-refractivity contribution is 4.94. The van der Waals surface area contributed by atoms with E-state index in [9.17, 15) is 0 Å². The van der Waals surface area contributed by atoms with Gasteiger partial charge in [0.15, 0.2) is 0 Å². The summed E-state index contributed by atoms with van der Waals surface area (Å²) in [5.74, 6) is 1.87. The van der Waals surface area contributed by atoms with E-state index < -0.39 is 0 Å². The van der Waals surface area contributed by atoms with Crippen LogP contribution in [0, 0.1) is 11.8 Å². The Hall–Kier alpha value is -0.0400. The van der Waals surface area contributed by atoms with Gasteiger partial charge in [0, 0.05) is 12.1 Å². The van der Waals surface area contributed by atoms with Crippen molar-refractivity contribution >= 4 is 0 Å². The topological polar surface area (TPSA) is 3.24 Å². The Bertz CT molecular complexity index is 190. The van der Waals surface area contributed by atoms with Gasteiger partial charge in [-0.05, 0) is 44.1 Å². The first-order valence-corrected chi connectivity index (χ1v) is 6.49. The Morgan fingerprint density at radius 2 is 2.00 bits per heavy atom. The van der Waals surface area contributed by atoms with Crippen LogP contribution >= 0.6 is 0 Å². The molecule has 0 radical (unpaired) electrons. The largest absolute Gasteiger partial charge is 0.297 e. The summed E-state index contributed by atoms with van der Waals surface area (Å²) in [6.45, 7) is 8.63. The molecule has 14 heavy (non-hydrogen) atoms. The van der Waals surface area contributed by atoms with E-state index >= 15 is 0 Å². The van der Waals surface area contributed by atoms with Gasteiger partial charge >= 0.3 is 0 Å². The van der Waals surface area contributed by atoms with Crippen LogP contribution in [-0.4, -0.2) is 23.5 Å². The standard InChI is InChI=1S/C13H25N/c1-4-6-12-10(2)9-11(3)13-7-5-8-14(12)13/h10-13H,4-9H2,1-3H3/t10-,11-,12-,13+/m0/s1. The summed E-state index contributed by atoms with van der Waals surface area (Å²) in [5.41, 5.74) is 0. The summed E-state index contributed by atoms with van der Waals surface area (Å²) in [6.07, 6.45) is 7.15. The third kappa shape index (κ3) is 1.71. The minimum Gasteiger partial charge on any atom is -0.297 e. The quantitative estimate of drug-likeness (QED) is 0.653. The van der Waals surface area contributed by atoms with Crippen molar-refractivity contribution in [1.82, 2.24) is 4.90 Å². The van der Waals surface area contributed by atoms with Gasteiger partial charge in [0.25, 0.3) is 0 Å². The second-order valence-corrected chi connectivity index (χ2v) is 5.49. The van der Waals surface area contributed by atoms with E-state index in [1.54, 1.807) is 0 Å². The Morgan fingerprint density at radius 3 is 2.71 bits per heavy atom. The van der Waals surface area contributed by atoms with Crippen LogP contribution in [0.5, 0.6) is 0 Å². The Kier molecular flexibility index (Phi) is 3.16. The summed E-state index contributed by atoms with van der Waals surface area (Å²) < 4.78 is 0. The van der Waals surface area contributed by atoms with Gasteiger partial charge < -0.3 is 0 Å². The predicted molar refractivity (Wildman–Crippen MR) is 61.4 cm³/mol. The average Bonchev–Trinajstić information content (AvgIpc) is 2.60. The fraction of sp³-hybridized carbons (Fsp3) is 1.00. The fourth-order valence-electron chi connectivity index (χ4n) is 3.81. The molecule has 2 saturated heterocycles. The molecule has 0 aliphatic carbocycles. The molecule has 1 nitrogen and oxygen atoms in total. The molecule has 0 unspecified atom stereocenters. The van der Waals surface area contributed by atoms with Crippen LogP contribution in [0.25, 0.3) is 0 Å². The maximum absolute atomic E-state index is 2.84. The highest BCUT2D eigenvalue weighted by Crippen LogP contribution is 2.39. The van der Waals surface area contributed by atoms with Crippen molar-refractivity contribution in [1.29, 1.82) is 0 Å². The molecule has 0 bridgehead atoms. The minimum atomic E-state index is 0.906. The van der Waals surface area contributed by atoms with E-state index in [1.807, 2.05) is 0 Å². The zero-order chi connectivity index (χ0) is 10.1. The summed E-state index contributed by atoms with van der Waals surface area (Å²) in [5, 5.41) is 0. The molecular formula is C13H25N. The monoisotopic (exact) mass is 195 g/mol. The van der Waals surface area contributed by atoms with Gasteiger partial charge in [-0.3, -0.25) is 4.90 Å². The lowest BCUT2D eigenvalue weighted by Crippen LogP contribution is -2.50. The minimum absolute atomic E-state index is 0.906. The number of nitrogens with zero attached hydrogens (tertiary/aromatic N) is 1. The first kappa shape index (κ1) is 10.5. The van der Waals surface area contributed by atoms with Gasteiger partial charge in [-0.1, -0.05) is 27.2 Å². The van der Waals surface area contributed by atoms with Crippen LogP contribution in [-0.2, 0) is 0 Å². The van der Waals surface area contributed by atoms with E-state index in [2.05, 4.69) is 25.7 Å². The van der Waals surface area contributed by atoms with Gasteiger partial charge in [0.1, 0.15) is 0 Å². The molecule has 0 aromatic carbocycles. The maximum Gasteiger partial charge on any atom is 0.0124 e. The van der Waals surface area contributed by atoms with Crippen molar-refractivity contribution in [3.05, 3.63) is 0 Å². The average molecular weight is 195 g/mol. The molecule has 0 spiro atoms. The normalized spacial score (nSPS) is 43.9. The van der Waals surface area contributed by atoms with Crippen molar-refractivity contribution in [2.24, 2.45) is 11.8 Å². The number of hydrogen-bond acceptors (Lipinski definition) is 1. The number of piperidine rings is 1. The Balaban J connectivity index is 2.08. The number of rotatable bonds is 2. The van der Waals surface area contributed by atoms with Gasteiger partial charge in [0.05, 0.1) is 0 Å². The molecule has 0 saturated carbocycles. The van der Waals surface area contributed by atoms with Crippen molar-refractivity contribution in [2.75, 3.05) is 6.54 Å². The van der Waals surface area contributed by atoms with E-state index in [4.69, 9.17) is 0 Å². The van der Waals surface area contributed by atoms with Crippen LogP contribution < -0.4 is 0 Å². The first-order valence-electron chi connectivity index (χ1n) is 6.49. The Morgan fingerprint density at radius 1 is 1.21 bits per heavy atom. The zero-order valence-electron chi connectivity index (χ0n) is 10.00. The number of fused-ring (bicyclic) bond motifs is 1. The lowest BCUT2D eigenvalue weighted by Gasteiger charge is -2.45. The molecule has 2 aliphatic heterocycles. The third-order valence-corrected chi connectivity index (χ3v) is 4.41. The molecule has 1 heteroatoms. The summed E-state index contributed by atoms with van der Waals surface area (Å²) in [4.78, 5) is 2.84. The Labute approximate surface area is 88.9 Å². The third-order valence-electron chi connectivity index (χ3n) is 4.41. The highest BCUT2D eigenvalue weighted by Gasteiger charge is 2.40. The molecule has 2 fully saturated rings. The van der Waals surface area contributed by atoms with Crippen LogP contribution in [0.4, 0.5) is 0 Å². The van der Waals surface area contributed by atoms with Crippen LogP contribution in [0.15, 0.2) is 0 Å². The predicted octanol–water partition coefficient (Wildman–Crippen LogP) is 3.30. The molecule has 0 aromatic rings. The summed E-state index contributed by atoms with van der Waals surface area (Å²) in [7, 11) is 0. The van der Waals surface area contributed by atoms with Gasteiger partial charge in [-0.2, -0.15) is 0 Å². The molecular weight excluding hydrogens is 170 g/mol. The van der Waals surface area contributed by atoms with Crippen LogP contribution in [0.2, 0.25) is 0 Å². The SMILES string of the molecule is CCC[C@H]1[C@@H](C)C[C@H](C)[C@H]2CCCN21. The first-order chi connectivity index (χ1) is 6.74. The second kappa shape index (κ2) is 4.22. The van der Waals surface area contributed by atoms with Crippen molar-refractivity contribution < 1.29 is 0 Å². The zero-order valence-corrected chi connectivity index (χ0v) is 10.00. The summed E-state index contributed by atoms with van der Waals surface area (Å²) >= 11 is 0. The maximum atomic E-state index is 2.84. The van der Waals surface area contributed by atoms with E-state index in [0.717, 1.165) is 23.9 Å². The molecule has 2 aliphatic rings. The van der Waals surface area contributed by atoms with Crippen molar-refractivity contribution in [2.45, 2.75) is 65.0 Å². The lowest BCUT2D eigenvalue weighted by molar-refractivity contribution is 0.0355. The van der Waals surface area contributed by atoms with E-state index in [-0.39, 0.29) is 0 Å². The van der Waals surface area contributed by atoms with E-state index in [1.165, 1.54) is 38.6 Å². The molecule has 0 N–H and O–H groups in total. The molecule has 0 amide bonds. The number of hydrogen-bond donors (Lipinski definition) is 0. The smallest absolute Gasteiger partial charge is 0.0124 e. The van der Waals surface area contributed by atoms with Gasteiger partial charge in [0.2, 0.25) is 0 Å². The molecule has 2 rings (SSSR count). The fourth-order valence-corrected chi connectivity index (χ4v) is 3.81. The van der Waals surface area contributed by atoms with Crippen molar-refractivity contribution in [3.63, 3.8) is 0 Å². The highest BCUT2D eigenvalue weighted by atomic mass is 15.2. The lowest BCUT2D eigenvalue weighted by atomic mass is 9.79. The van der Waals surface area contributed by atoms with Gasteiger partial charge in [-0.25, -0.2) is 0 Å². The van der Waals surface area contributed by atoms with Gasteiger partial charge in [-0.15, -0.1) is 0 Å². The molecule has 0 aromatic heterocycles. The molecule has 82 valence electrons. The summed E-state index contributed by atoms with van der Waals surface area (Å²) in [6, 6.07) is 1.84. The van der Waals surface area contributed by atoms with Crippen LogP contribution in [0.1, 0.15) is 52.9 Å². The van der Waals surface area contributed by atoms with Crippen LogP contribution in [0.3, 0.4) is 0 Å². The molecule has 2 heterocycles. The second-order valence-electron chi connectivity index (χ2n) is 5.49.